The SMILES string of the molecule is CCOC(=O)CC1Cc2cc(C(=O)c3ccc(C=NN4CCCCC4)cc3)ccc2OC1N. The van der Waals surface area contributed by atoms with Crippen LogP contribution < -0.4 is 10.5 Å². The van der Waals surface area contributed by atoms with E-state index in [-0.39, 0.29) is 24.1 Å². The molecular formula is C26H31N3O4. The molecule has 2 N–H and O–H groups in total. The molecule has 1 saturated heterocycles. The number of nitrogens with zero attached hydrogens (tertiary/aromatic N) is 2. The molecule has 174 valence electrons. The second kappa shape index (κ2) is 10.6. The summed E-state index contributed by atoms with van der Waals surface area (Å²) in [6, 6.07) is 12.9. The Morgan fingerprint density at radius 2 is 1.85 bits per heavy atom. The van der Waals surface area contributed by atoms with Crippen LogP contribution in [0.2, 0.25) is 0 Å². The number of fused-ring (bicyclic) bond motifs is 1. The first kappa shape index (κ1) is 23.0. The molecule has 0 amide bonds. The first-order valence-corrected chi connectivity index (χ1v) is 11.7. The number of hydrogen-bond donors (Lipinski definition) is 1. The third-order valence-electron chi connectivity index (χ3n) is 6.14. The summed E-state index contributed by atoms with van der Waals surface area (Å²) in [6.07, 6.45) is 5.66. The molecule has 2 aromatic carbocycles. The Kier molecular flexibility index (Phi) is 7.40. The zero-order valence-electron chi connectivity index (χ0n) is 19.0. The van der Waals surface area contributed by atoms with E-state index in [1.165, 1.54) is 19.3 Å². The van der Waals surface area contributed by atoms with E-state index in [1.54, 1.807) is 19.1 Å². The Balaban J connectivity index is 1.43. The normalized spacial score (nSPS) is 20.2. The van der Waals surface area contributed by atoms with E-state index in [4.69, 9.17) is 15.2 Å². The van der Waals surface area contributed by atoms with Gasteiger partial charge in [0, 0.05) is 30.1 Å². The van der Waals surface area contributed by atoms with Crippen LogP contribution in [0.15, 0.2) is 47.6 Å². The summed E-state index contributed by atoms with van der Waals surface area (Å²) in [5.41, 5.74) is 9.14. The highest BCUT2D eigenvalue weighted by atomic mass is 16.5. The van der Waals surface area contributed by atoms with Gasteiger partial charge in [-0.25, -0.2) is 0 Å². The van der Waals surface area contributed by atoms with E-state index in [2.05, 4.69) is 10.1 Å². The van der Waals surface area contributed by atoms with Gasteiger partial charge in [0.25, 0.3) is 0 Å². The number of piperidine rings is 1. The largest absolute Gasteiger partial charge is 0.475 e. The number of carbonyl (C=O) groups is 2. The zero-order chi connectivity index (χ0) is 23.2. The fraction of sp³-hybridized carbons (Fsp3) is 0.423. The number of hydrogen-bond acceptors (Lipinski definition) is 7. The Hall–Kier alpha value is -3.19. The molecule has 2 aliphatic rings. The van der Waals surface area contributed by atoms with Crippen LogP contribution in [0.5, 0.6) is 5.75 Å². The van der Waals surface area contributed by atoms with Gasteiger partial charge in [-0.2, -0.15) is 5.10 Å². The van der Waals surface area contributed by atoms with Gasteiger partial charge in [0.2, 0.25) is 0 Å². The molecule has 2 aromatic rings. The summed E-state index contributed by atoms with van der Waals surface area (Å²) in [7, 11) is 0. The van der Waals surface area contributed by atoms with Crippen LogP contribution in [-0.2, 0) is 16.0 Å². The smallest absolute Gasteiger partial charge is 0.306 e. The summed E-state index contributed by atoms with van der Waals surface area (Å²) >= 11 is 0. The number of ether oxygens (including phenoxy) is 2. The average molecular weight is 450 g/mol. The molecule has 0 aromatic heterocycles. The highest BCUT2D eigenvalue weighted by Crippen LogP contribution is 2.32. The van der Waals surface area contributed by atoms with Crippen LogP contribution in [0.3, 0.4) is 0 Å². The summed E-state index contributed by atoms with van der Waals surface area (Å²) in [5, 5.41) is 6.64. The molecule has 0 spiro atoms. The maximum Gasteiger partial charge on any atom is 0.306 e. The van der Waals surface area contributed by atoms with Crippen molar-refractivity contribution in [3.05, 3.63) is 64.7 Å². The minimum absolute atomic E-state index is 0.0610. The van der Waals surface area contributed by atoms with Crippen molar-refractivity contribution in [2.75, 3.05) is 19.7 Å². The third kappa shape index (κ3) is 5.79. The monoisotopic (exact) mass is 449 g/mol. The van der Waals surface area contributed by atoms with Gasteiger partial charge in [-0.3, -0.25) is 20.3 Å². The highest BCUT2D eigenvalue weighted by molar-refractivity contribution is 6.09. The molecule has 2 unspecified atom stereocenters. The topological polar surface area (TPSA) is 94.2 Å². The van der Waals surface area contributed by atoms with E-state index in [1.807, 2.05) is 36.5 Å². The van der Waals surface area contributed by atoms with Crippen molar-refractivity contribution in [1.82, 2.24) is 5.01 Å². The zero-order valence-corrected chi connectivity index (χ0v) is 19.0. The van der Waals surface area contributed by atoms with E-state index in [0.717, 1.165) is 24.2 Å². The van der Waals surface area contributed by atoms with Crippen LogP contribution >= 0.6 is 0 Å². The Morgan fingerprint density at radius 3 is 2.58 bits per heavy atom. The van der Waals surface area contributed by atoms with Crippen molar-refractivity contribution >= 4 is 18.0 Å². The van der Waals surface area contributed by atoms with Crippen molar-refractivity contribution in [2.45, 2.75) is 45.3 Å². The summed E-state index contributed by atoms with van der Waals surface area (Å²) in [5.74, 6) is 0.110. The summed E-state index contributed by atoms with van der Waals surface area (Å²) in [4.78, 5) is 25.0. The van der Waals surface area contributed by atoms with Crippen molar-refractivity contribution in [3.8, 4) is 5.75 Å². The molecule has 4 rings (SSSR count). The van der Waals surface area contributed by atoms with Gasteiger partial charge in [-0.05, 0) is 61.9 Å². The molecule has 0 radical (unpaired) electrons. The molecule has 0 saturated carbocycles. The second-order valence-electron chi connectivity index (χ2n) is 8.59. The van der Waals surface area contributed by atoms with E-state index >= 15 is 0 Å². The molecule has 7 nitrogen and oxygen atoms in total. The van der Waals surface area contributed by atoms with Crippen molar-refractivity contribution in [1.29, 1.82) is 0 Å². The van der Waals surface area contributed by atoms with Gasteiger partial charge in [0.1, 0.15) is 5.75 Å². The molecular weight excluding hydrogens is 418 g/mol. The van der Waals surface area contributed by atoms with Crippen LogP contribution in [0.1, 0.15) is 59.7 Å². The maximum absolute atomic E-state index is 13.1. The minimum Gasteiger partial charge on any atom is -0.475 e. The quantitative estimate of drug-likeness (QED) is 0.395. The molecule has 33 heavy (non-hydrogen) atoms. The number of ketones is 1. The number of hydrazone groups is 1. The lowest BCUT2D eigenvalue weighted by atomic mass is 9.90. The molecule has 2 heterocycles. The Morgan fingerprint density at radius 1 is 1.12 bits per heavy atom. The van der Waals surface area contributed by atoms with Crippen LogP contribution in [0.4, 0.5) is 0 Å². The Labute approximate surface area is 194 Å². The van der Waals surface area contributed by atoms with Gasteiger partial charge >= 0.3 is 5.97 Å². The van der Waals surface area contributed by atoms with Crippen LogP contribution in [0.25, 0.3) is 0 Å². The van der Waals surface area contributed by atoms with Crippen molar-refractivity contribution < 1.29 is 19.1 Å². The van der Waals surface area contributed by atoms with Crippen molar-refractivity contribution in [2.24, 2.45) is 16.8 Å². The average Bonchev–Trinajstić information content (AvgIpc) is 2.83. The maximum atomic E-state index is 13.1. The van der Waals surface area contributed by atoms with E-state index < -0.39 is 6.23 Å². The molecule has 2 aliphatic heterocycles. The van der Waals surface area contributed by atoms with E-state index in [9.17, 15) is 9.59 Å². The van der Waals surface area contributed by atoms with Crippen LogP contribution in [-0.4, -0.2) is 48.9 Å². The molecule has 2 atom stereocenters. The van der Waals surface area contributed by atoms with Gasteiger partial charge in [0.05, 0.1) is 19.2 Å². The lowest BCUT2D eigenvalue weighted by molar-refractivity contribution is -0.145. The molecule has 0 bridgehead atoms. The first-order valence-electron chi connectivity index (χ1n) is 11.7. The fourth-order valence-corrected chi connectivity index (χ4v) is 4.29. The third-order valence-corrected chi connectivity index (χ3v) is 6.14. The highest BCUT2D eigenvalue weighted by Gasteiger charge is 2.30. The van der Waals surface area contributed by atoms with Crippen molar-refractivity contribution in [3.63, 3.8) is 0 Å². The fourth-order valence-electron chi connectivity index (χ4n) is 4.29. The van der Waals surface area contributed by atoms with Crippen LogP contribution in [0, 0.1) is 5.92 Å². The van der Waals surface area contributed by atoms with Gasteiger partial charge in [0.15, 0.2) is 12.0 Å². The Bertz CT molecular complexity index is 1010. The number of esters is 1. The lowest BCUT2D eigenvalue weighted by Gasteiger charge is -2.30. The predicted octanol–water partition coefficient (Wildman–Crippen LogP) is 3.53. The standard InChI is InChI=1S/C26H31N3O4/c1-2-32-24(30)16-22-15-21-14-20(10-11-23(21)33-26(22)27)25(31)19-8-6-18(7-9-19)17-28-29-12-4-3-5-13-29/h6-11,14,17,22,26H,2-5,12-13,15-16,27H2,1H3. The summed E-state index contributed by atoms with van der Waals surface area (Å²) in [6.45, 7) is 4.11. The van der Waals surface area contributed by atoms with Gasteiger partial charge in [-0.1, -0.05) is 24.3 Å². The number of nitrogens with two attached hydrogens (primary N) is 1. The predicted molar refractivity (Wildman–Crippen MR) is 126 cm³/mol. The first-order chi connectivity index (χ1) is 16.0. The van der Waals surface area contributed by atoms with Gasteiger partial charge < -0.3 is 9.47 Å². The molecule has 7 heteroatoms. The molecule has 0 aliphatic carbocycles. The lowest BCUT2D eigenvalue weighted by Crippen LogP contribution is -2.41. The molecule has 1 fully saturated rings. The summed E-state index contributed by atoms with van der Waals surface area (Å²) < 4.78 is 10.8. The second-order valence-corrected chi connectivity index (χ2v) is 8.59. The van der Waals surface area contributed by atoms with Gasteiger partial charge in [-0.15, -0.1) is 0 Å². The minimum atomic E-state index is -0.581. The number of benzene rings is 2. The number of rotatable bonds is 7. The number of carbonyl (C=O) groups excluding carboxylic acids is 2. The van der Waals surface area contributed by atoms with E-state index in [0.29, 0.717) is 29.9 Å².